The van der Waals surface area contributed by atoms with Crippen molar-refractivity contribution in [2.24, 2.45) is 0 Å². The average molecular weight is 196 g/mol. The molecule has 76 valence electrons. The van der Waals surface area contributed by atoms with Gasteiger partial charge in [0.05, 0.1) is 12.7 Å². The lowest BCUT2D eigenvalue weighted by Crippen LogP contribution is -2.02. The van der Waals surface area contributed by atoms with E-state index in [0.717, 1.165) is 5.56 Å². The lowest BCUT2D eigenvalue weighted by atomic mass is 10.1. The normalized spacial score (nSPS) is 8.14. The van der Waals surface area contributed by atoms with Crippen LogP contribution in [0.1, 0.15) is 15.9 Å². The Labute approximate surface area is 82.1 Å². The Morgan fingerprint density at radius 2 is 1.93 bits per heavy atom. The van der Waals surface area contributed by atoms with Gasteiger partial charge in [0, 0.05) is 0 Å². The smallest absolute Gasteiger partial charge is 0.338 e. The maximum absolute atomic E-state index is 11.0. The largest absolute Gasteiger partial charge is 0.483 e. The number of aryl methyl sites for hydroxylation is 1. The number of hydrogen-bond donors (Lipinski definition) is 1. The van der Waals surface area contributed by atoms with E-state index in [0.29, 0.717) is 5.56 Å². The number of carboxylic acid groups (broad SMARTS) is 1. The highest BCUT2D eigenvalue weighted by Crippen LogP contribution is 2.07. The Kier molecular flexibility index (Phi) is 5.78. The number of carbonyl (C=O) groups is 2. The van der Waals surface area contributed by atoms with Gasteiger partial charge in [-0.1, -0.05) is 18.2 Å². The molecule has 0 radical (unpaired) electrons. The molecule has 0 aliphatic heterocycles. The summed E-state index contributed by atoms with van der Waals surface area (Å²) in [5.74, 6) is -0.275. The first kappa shape index (κ1) is 12.2. The summed E-state index contributed by atoms with van der Waals surface area (Å²) in [5, 5.41) is 6.89. The fourth-order valence-electron chi connectivity index (χ4n) is 0.912. The molecule has 0 spiro atoms. The molecule has 0 atom stereocenters. The Morgan fingerprint density at radius 3 is 2.36 bits per heavy atom. The Morgan fingerprint density at radius 1 is 1.43 bits per heavy atom. The zero-order valence-corrected chi connectivity index (χ0v) is 8.06. The molecule has 0 saturated heterocycles. The fraction of sp³-hybridized carbons (Fsp3) is 0.200. The molecule has 0 bridgehead atoms. The first-order chi connectivity index (χ1) is 6.67. The summed E-state index contributed by atoms with van der Waals surface area (Å²) in [5.41, 5.74) is 1.58. The quantitative estimate of drug-likeness (QED) is 0.545. The summed E-state index contributed by atoms with van der Waals surface area (Å²) in [6, 6.07) is 7.34. The molecular formula is C10H12O4. The highest BCUT2D eigenvalue weighted by molar-refractivity contribution is 5.90. The predicted octanol–water partition coefficient (Wildman–Crippen LogP) is 1.48. The van der Waals surface area contributed by atoms with Gasteiger partial charge in [-0.15, -0.1) is 0 Å². The molecule has 0 unspecified atom stereocenters. The average Bonchev–Trinajstić information content (AvgIpc) is 2.19. The Balaban J connectivity index is 0.000000500. The van der Waals surface area contributed by atoms with E-state index in [4.69, 9.17) is 9.90 Å². The van der Waals surface area contributed by atoms with Crippen LogP contribution in [-0.2, 0) is 9.53 Å². The molecule has 4 nitrogen and oxygen atoms in total. The number of rotatable bonds is 1. The van der Waals surface area contributed by atoms with Crippen LogP contribution in [0.25, 0.3) is 0 Å². The van der Waals surface area contributed by atoms with Gasteiger partial charge in [0.1, 0.15) is 0 Å². The van der Waals surface area contributed by atoms with Crippen LogP contribution in [0.4, 0.5) is 0 Å². The SMILES string of the molecule is COC(=O)c1ccccc1C.O=CO. The molecule has 0 heterocycles. The highest BCUT2D eigenvalue weighted by atomic mass is 16.5. The van der Waals surface area contributed by atoms with Crippen molar-refractivity contribution in [1.29, 1.82) is 0 Å². The first-order valence-corrected chi connectivity index (χ1v) is 3.89. The third-order valence-electron chi connectivity index (χ3n) is 1.55. The van der Waals surface area contributed by atoms with E-state index < -0.39 is 0 Å². The van der Waals surface area contributed by atoms with Gasteiger partial charge in [-0.05, 0) is 18.6 Å². The summed E-state index contributed by atoms with van der Waals surface area (Å²) in [6.07, 6.45) is 0. The monoisotopic (exact) mass is 196 g/mol. The second-order valence-electron chi connectivity index (χ2n) is 2.41. The number of hydrogen-bond acceptors (Lipinski definition) is 3. The van der Waals surface area contributed by atoms with E-state index in [1.807, 2.05) is 25.1 Å². The van der Waals surface area contributed by atoms with Crippen molar-refractivity contribution in [2.75, 3.05) is 7.11 Å². The second-order valence-corrected chi connectivity index (χ2v) is 2.41. The van der Waals surface area contributed by atoms with E-state index in [-0.39, 0.29) is 12.4 Å². The molecule has 1 N–H and O–H groups in total. The molecule has 1 aromatic rings. The van der Waals surface area contributed by atoms with Crippen molar-refractivity contribution >= 4 is 12.4 Å². The molecule has 14 heavy (non-hydrogen) atoms. The van der Waals surface area contributed by atoms with Crippen molar-refractivity contribution in [3.63, 3.8) is 0 Å². The minimum atomic E-state index is -0.275. The van der Waals surface area contributed by atoms with Gasteiger partial charge in [-0.25, -0.2) is 4.79 Å². The van der Waals surface area contributed by atoms with Gasteiger partial charge in [0.25, 0.3) is 6.47 Å². The Bertz CT molecular complexity index is 307. The molecular weight excluding hydrogens is 184 g/mol. The van der Waals surface area contributed by atoms with Crippen molar-refractivity contribution in [2.45, 2.75) is 6.92 Å². The molecule has 0 fully saturated rings. The van der Waals surface area contributed by atoms with Crippen LogP contribution in [0, 0.1) is 6.92 Å². The molecule has 4 heteroatoms. The van der Waals surface area contributed by atoms with Gasteiger partial charge in [0.2, 0.25) is 0 Å². The topological polar surface area (TPSA) is 63.6 Å². The minimum Gasteiger partial charge on any atom is -0.483 e. The summed E-state index contributed by atoms with van der Waals surface area (Å²) in [7, 11) is 1.38. The molecule has 1 aromatic carbocycles. The third-order valence-corrected chi connectivity index (χ3v) is 1.55. The van der Waals surface area contributed by atoms with Gasteiger partial charge < -0.3 is 9.84 Å². The van der Waals surface area contributed by atoms with Crippen LogP contribution in [0.2, 0.25) is 0 Å². The summed E-state index contributed by atoms with van der Waals surface area (Å²) in [4.78, 5) is 19.4. The number of benzene rings is 1. The van der Waals surface area contributed by atoms with Crippen LogP contribution in [0.15, 0.2) is 24.3 Å². The standard InChI is InChI=1S/C9H10O2.CH2O2/c1-7-5-3-4-6-8(7)9(10)11-2;2-1-3/h3-6H,1-2H3;1H,(H,2,3). The molecule has 0 aliphatic rings. The van der Waals surface area contributed by atoms with Crippen molar-refractivity contribution in [3.05, 3.63) is 35.4 Å². The zero-order chi connectivity index (χ0) is 11.0. The molecule has 0 aliphatic carbocycles. The van der Waals surface area contributed by atoms with E-state index in [1.54, 1.807) is 6.07 Å². The van der Waals surface area contributed by atoms with Crippen LogP contribution in [-0.4, -0.2) is 24.7 Å². The summed E-state index contributed by atoms with van der Waals surface area (Å²) in [6.45, 7) is 1.63. The van der Waals surface area contributed by atoms with Crippen LogP contribution < -0.4 is 0 Å². The predicted molar refractivity (Wildman–Crippen MR) is 51.2 cm³/mol. The minimum absolute atomic E-state index is 0.250. The number of ether oxygens (including phenoxy) is 1. The molecule has 1 rings (SSSR count). The van der Waals surface area contributed by atoms with Crippen LogP contribution in [0.3, 0.4) is 0 Å². The number of methoxy groups -OCH3 is 1. The molecule has 0 amide bonds. The fourth-order valence-corrected chi connectivity index (χ4v) is 0.912. The third kappa shape index (κ3) is 3.71. The zero-order valence-electron chi connectivity index (χ0n) is 8.06. The van der Waals surface area contributed by atoms with E-state index in [2.05, 4.69) is 4.74 Å². The van der Waals surface area contributed by atoms with E-state index in [1.165, 1.54) is 7.11 Å². The van der Waals surface area contributed by atoms with Crippen LogP contribution in [0.5, 0.6) is 0 Å². The lowest BCUT2D eigenvalue weighted by Gasteiger charge is -2.00. The number of carbonyl (C=O) groups excluding carboxylic acids is 1. The second kappa shape index (κ2) is 6.65. The van der Waals surface area contributed by atoms with Crippen molar-refractivity contribution < 1.29 is 19.4 Å². The van der Waals surface area contributed by atoms with Crippen molar-refractivity contribution in [1.82, 2.24) is 0 Å². The van der Waals surface area contributed by atoms with Crippen molar-refractivity contribution in [3.8, 4) is 0 Å². The van der Waals surface area contributed by atoms with Gasteiger partial charge in [0.15, 0.2) is 0 Å². The first-order valence-electron chi connectivity index (χ1n) is 3.89. The summed E-state index contributed by atoms with van der Waals surface area (Å²) < 4.78 is 4.58. The van der Waals surface area contributed by atoms with E-state index >= 15 is 0 Å². The molecule has 0 aromatic heterocycles. The van der Waals surface area contributed by atoms with E-state index in [9.17, 15) is 4.79 Å². The van der Waals surface area contributed by atoms with Crippen LogP contribution >= 0.6 is 0 Å². The summed E-state index contributed by atoms with van der Waals surface area (Å²) >= 11 is 0. The highest BCUT2D eigenvalue weighted by Gasteiger charge is 2.05. The maximum atomic E-state index is 11.0. The van der Waals surface area contributed by atoms with Gasteiger partial charge >= 0.3 is 5.97 Å². The van der Waals surface area contributed by atoms with Gasteiger partial charge in [-0.2, -0.15) is 0 Å². The lowest BCUT2D eigenvalue weighted by molar-refractivity contribution is -0.122. The number of esters is 1. The van der Waals surface area contributed by atoms with Gasteiger partial charge in [-0.3, -0.25) is 4.79 Å². The Hall–Kier alpha value is -1.84. The molecule has 0 saturated carbocycles. The maximum Gasteiger partial charge on any atom is 0.338 e.